The highest BCUT2D eigenvalue weighted by Crippen LogP contribution is 2.47. The van der Waals surface area contributed by atoms with E-state index in [0.717, 1.165) is 29.4 Å². The summed E-state index contributed by atoms with van der Waals surface area (Å²) in [6.07, 6.45) is 5.43. The molecule has 3 atom stereocenters. The summed E-state index contributed by atoms with van der Waals surface area (Å²) in [7, 11) is 0. The number of hydrogen-bond acceptors (Lipinski definition) is 5. The summed E-state index contributed by atoms with van der Waals surface area (Å²) in [5, 5.41) is 9.81. The third-order valence-corrected chi connectivity index (χ3v) is 7.17. The summed E-state index contributed by atoms with van der Waals surface area (Å²) in [5.74, 6) is 1.80. The summed E-state index contributed by atoms with van der Waals surface area (Å²) in [6, 6.07) is 2.52. The Morgan fingerprint density at radius 2 is 2.14 bits per heavy atom. The van der Waals surface area contributed by atoms with Crippen molar-refractivity contribution < 1.29 is 0 Å². The monoisotopic (exact) mass is 323 g/mol. The van der Waals surface area contributed by atoms with Gasteiger partial charge in [0, 0.05) is 11.7 Å². The zero-order valence-electron chi connectivity index (χ0n) is 13.4. The van der Waals surface area contributed by atoms with Crippen molar-refractivity contribution in [3.05, 3.63) is 5.82 Å². The second kappa shape index (κ2) is 7.11. The second-order valence-electron chi connectivity index (χ2n) is 6.57. The van der Waals surface area contributed by atoms with Crippen LogP contribution in [0.3, 0.4) is 0 Å². The molecule has 0 radical (unpaired) electrons. The van der Waals surface area contributed by atoms with Crippen molar-refractivity contribution in [3.63, 3.8) is 0 Å². The van der Waals surface area contributed by atoms with E-state index in [4.69, 9.17) is 0 Å². The minimum Gasteiger partial charge on any atom is -0.213 e. The first kappa shape index (κ1) is 16.8. The lowest BCUT2D eigenvalue weighted by molar-refractivity contribution is 0.144. The van der Waals surface area contributed by atoms with Crippen LogP contribution in [0.4, 0.5) is 0 Å². The van der Waals surface area contributed by atoms with Gasteiger partial charge >= 0.3 is 0 Å². The highest BCUT2D eigenvalue weighted by Gasteiger charge is 2.38. The molecule has 21 heavy (non-hydrogen) atoms. The molecule has 1 aliphatic rings. The van der Waals surface area contributed by atoms with Crippen molar-refractivity contribution in [2.24, 2.45) is 17.3 Å². The van der Waals surface area contributed by atoms with Crippen LogP contribution in [0.5, 0.6) is 0 Å². The van der Waals surface area contributed by atoms with Gasteiger partial charge in [-0.2, -0.15) is 9.64 Å². The first-order valence-electron chi connectivity index (χ1n) is 7.89. The van der Waals surface area contributed by atoms with E-state index in [-0.39, 0.29) is 5.92 Å². The molecular weight excluding hydrogens is 298 g/mol. The largest absolute Gasteiger partial charge is 0.213 e. The average molecular weight is 324 g/mol. The minimum absolute atomic E-state index is 0.160. The van der Waals surface area contributed by atoms with Gasteiger partial charge in [0.2, 0.25) is 0 Å². The van der Waals surface area contributed by atoms with Gasteiger partial charge < -0.3 is 0 Å². The maximum Gasteiger partial charge on any atom is 0.170 e. The molecule has 1 aliphatic carbocycles. The standard InChI is InChI=1S/C16H25N3S2/c1-5-14-18-15(21-19-14)20-13-9-12(16(3,4)6-2)8-7-11(13)10-17/h11-13H,5-9H2,1-4H3. The summed E-state index contributed by atoms with van der Waals surface area (Å²) in [4.78, 5) is 4.56. The molecule has 0 aliphatic heterocycles. The SMILES string of the molecule is CCc1nsc(SC2CC(C(C)(C)CC)CCC2C#N)n1. The Hall–Kier alpha value is -0.600. The van der Waals surface area contributed by atoms with Crippen LogP contribution < -0.4 is 0 Å². The number of rotatable bonds is 5. The van der Waals surface area contributed by atoms with E-state index in [1.807, 2.05) is 0 Å². The van der Waals surface area contributed by atoms with Crippen molar-refractivity contribution in [1.29, 1.82) is 5.26 Å². The molecule has 0 N–H and O–H groups in total. The number of thioether (sulfide) groups is 1. The van der Waals surface area contributed by atoms with Crippen molar-refractivity contribution in [1.82, 2.24) is 9.36 Å². The highest BCUT2D eigenvalue weighted by molar-refractivity contribution is 8.01. The molecule has 3 unspecified atom stereocenters. The van der Waals surface area contributed by atoms with E-state index < -0.39 is 0 Å². The molecule has 0 aromatic carbocycles. The lowest BCUT2D eigenvalue weighted by Gasteiger charge is -2.40. The number of aryl methyl sites for hydroxylation is 1. The number of aromatic nitrogens is 2. The van der Waals surface area contributed by atoms with Gasteiger partial charge in [0.1, 0.15) is 5.82 Å². The quantitative estimate of drug-likeness (QED) is 0.770. The summed E-state index contributed by atoms with van der Waals surface area (Å²) in [5.41, 5.74) is 0.370. The third-order valence-electron chi connectivity index (χ3n) is 4.99. The molecule has 0 amide bonds. The van der Waals surface area contributed by atoms with Crippen LogP contribution in [0.1, 0.15) is 59.2 Å². The average Bonchev–Trinajstić information content (AvgIpc) is 2.94. The molecule has 0 spiro atoms. The Morgan fingerprint density at radius 3 is 2.71 bits per heavy atom. The van der Waals surface area contributed by atoms with Gasteiger partial charge in [-0.25, -0.2) is 4.98 Å². The van der Waals surface area contributed by atoms with Crippen LogP contribution in [0.15, 0.2) is 4.34 Å². The van der Waals surface area contributed by atoms with E-state index in [1.54, 1.807) is 11.8 Å². The van der Waals surface area contributed by atoms with Crippen LogP contribution >= 0.6 is 23.3 Å². The van der Waals surface area contributed by atoms with Crippen LogP contribution in [-0.2, 0) is 6.42 Å². The molecule has 1 fully saturated rings. The molecule has 1 aromatic heterocycles. The predicted molar refractivity (Wildman–Crippen MR) is 89.4 cm³/mol. The zero-order chi connectivity index (χ0) is 15.5. The van der Waals surface area contributed by atoms with E-state index in [1.165, 1.54) is 24.4 Å². The molecular formula is C16H25N3S2. The lowest BCUT2D eigenvalue weighted by Crippen LogP contribution is -2.34. The molecule has 116 valence electrons. The molecule has 3 nitrogen and oxygen atoms in total. The highest BCUT2D eigenvalue weighted by atomic mass is 32.2. The van der Waals surface area contributed by atoms with Gasteiger partial charge in [0.05, 0.1) is 12.0 Å². The van der Waals surface area contributed by atoms with Crippen molar-refractivity contribution in [2.75, 3.05) is 0 Å². The minimum atomic E-state index is 0.160. The fourth-order valence-electron chi connectivity index (χ4n) is 2.96. The fraction of sp³-hybridized carbons (Fsp3) is 0.812. The predicted octanol–water partition coefficient (Wildman–Crippen LogP) is 4.94. The molecule has 1 aromatic rings. The maximum atomic E-state index is 9.44. The maximum absolute atomic E-state index is 9.44. The van der Waals surface area contributed by atoms with Crippen molar-refractivity contribution >= 4 is 23.3 Å². The molecule has 1 saturated carbocycles. The number of nitriles is 1. The van der Waals surface area contributed by atoms with E-state index in [2.05, 4.69) is 43.1 Å². The zero-order valence-corrected chi connectivity index (χ0v) is 15.1. The van der Waals surface area contributed by atoms with Crippen LogP contribution in [0.25, 0.3) is 0 Å². The number of nitrogens with zero attached hydrogens (tertiary/aromatic N) is 3. The summed E-state index contributed by atoms with van der Waals surface area (Å²) < 4.78 is 5.40. The Balaban J connectivity index is 2.08. The van der Waals surface area contributed by atoms with Crippen LogP contribution in [0, 0.1) is 28.6 Å². The fourth-order valence-corrected chi connectivity index (χ4v) is 5.23. The molecule has 0 saturated heterocycles. The normalized spacial score (nSPS) is 26.5. The van der Waals surface area contributed by atoms with E-state index >= 15 is 0 Å². The van der Waals surface area contributed by atoms with Crippen molar-refractivity contribution in [3.8, 4) is 6.07 Å². The van der Waals surface area contributed by atoms with Crippen LogP contribution in [0.2, 0.25) is 0 Å². The van der Waals surface area contributed by atoms with Crippen molar-refractivity contribution in [2.45, 2.75) is 69.4 Å². The molecule has 0 bridgehead atoms. The van der Waals surface area contributed by atoms with E-state index in [0.29, 0.717) is 16.6 Å². The Morgan fingerprint density at radius 1 is 1.38 bits per heavy atom. The van der Waals surface area contributed by atoms with Gasteiger partial charge in [0.15, 0.2) is 4.34 Å². The van der Waals surface area contributed by atoms with E-state index in [9.17, 15) is 5.26 Å². The lowest BCUT2D eigenvalue weighted by atomic mass is 9.67. The third kappa shape index (κ3) is 3.98. The molecule has 5 heteroatoms. The Kier molecular flexibility index (Phi) is 5.67. The van der Waals surface area contributed by atoms with Crippen LogP contribution in [-0.4, -0.2) is 14.6 Å². The van der Waals surface area contributed by atoms with Gasteiger partial charge in [-0.15, -0.1) is 0 Å². The smallest absolute Gasteiger partial charge is 0.170 e. The summed E-state index contributed by atoms with van der Waals surface area (Å²) >= 11 is 3.27. The Bertz CT molecular complexity index is 504. The van der Waals surface area contributed by atoms with Gasteiger partial charge in [0.25, 0.3) is 0 Å². The first-order chi connectivity index (χ1) is 10.00. The van der Waals surface area contributed by atoms with Gasteiger partial charge in [-0.1, -0.05) is 45.9 Å². The first-order valence-corrected chi connectivity index (χ1v) is 9.54. The molecule has 2 rings (SSSR count). The second-order valence-corrected chi connectivity index (χ2v) is 8.81. The topological polar surface area (TPSA) is 49.6 Å². The van der Waals surface area contributed by atoms with Gasteiger partial charge in [-0.3, -0.25) is 0 Å². The van der Waals surface area contributed by atoms with Gasteiger partial charge in [-0.05, 0) is 42.1 Å². The Labute approximate surface area is 136 Å². The summed E-state index contributed by atoms with van der Waals surface area (Å²) in [6.45, 7) is 9.09. The number of hydrogen-bond donors (Lipinski definition) is 0. The molecule has 1 heterocycles.